The zero-order valence-electron chi connectivity index (χ0n) is 10.9. The molecule has 0 atom stereocenters. The van der Waals surface area contributed by atoms with Gasteiger partial charge in [0.25, 0.3) is 0 Å². The van der Waals surface area contributed by atoms with Gasteiger partial charge in [-0.3, -0.25) is 0 Å². The lowest BCUT2D eigenvalue weighted by molar-refractivity contribution is 0.296. The fourth-order valence-corrected chi connectivity index (χ4v) is 4.05. The van der Waals surface area contributed by atoms with E-state index in [-0.39, 0.29) is 5.41 Å². The van der Waals surface area contributed by atoms with Gasteiger partial charge in [-0.15, -0.1) is 0 Å². The lowest BCUT2D eigenvalue weighted by Gasteiger charge is -2.37. The van der Waals surface area contributed by atoms with E-state index in [9.17, 15) is 8.42 Å². The first-order chi connectivity index (χ1) is 8.49. The quantitative estimate of drug-likeness (QED) is 0.913. The van der Waals surface area contributed by atoms with E-state index in [1.807, 2.05) is 12.1 Å². The van der Waals surface area contributed by atoms with Crippen LogP contribution in [-0.4, -0.2) is 21.2 Å². The monoisotopic (exact) mass is 267 g/mol. The maximum absolute atomic E-state index is 11.9. The van der Waals surface area contributed by atoms with E-state index in [2.05, 4.69) is 0 Å². The van der Waals surface area contributed by atoms with Crippen LogP contribution in [0.2, 0.25) is 0 Å². The first-order valence-electron chi connectivity index (χ1n) is 6.49. The molecule has 0 unspecified atom stereocenters. The molecule has 0 saturated heterocycles. The van der Waals surface area contributed by atoms with Crippen LogP contribution < -0.4 is 5.73 Å². The molecule has 0 aliphatic heterocycles. The lowest BCUT2D eigenvalue weighted by Crippen LogP contribution is -2.38. The molecule has 2 rings (SSSR count). The van der Waals surface area contributed by atoms with Crippen molar-refractivity contribution < 1.29 is 8.42 Å². The van der Waals surface area contributed by atoms with Gasteiger partial charge in [-0.05, 0) is 24.5 Å². The molecule has 1 aromatic rings. The zero-order chi connectivity index (χ0) is 13.2. The van der Waals surface area contributed by atoms with Crippen molar-refractivity contribution in [1.82, 2.24) is 0 Å². The second-order valence-electron chi connectivity index (χ2n) is 5.31. The molecule has 1 saturated carbocycles. The Kier molecular flexibility index (Phi) is 3.78. The summed E-state index contributed by atoms with van der Waals surface area (Å²) in [7, 11) is -3.19. The molecule has 0 bridgehead atoms. The summed E-state index contributed by atoms with van der Waals surface area (Å²) in [6.45, 7) is 0.527. The second-order valence-corrected chi connectivity index (χ2v) is 7.30. The maximum Gasteiger partial charge on any atom is 0.175 e. The Morgan fingerprint density at radius 1 is 1.17 bits per heavy atom. The van der Waals surface area contributed by atoms with E-state index in [4.69, 9.17) is 5.73 Å². The summed E-state index contributed by atoms with van der Waals surface area (Å²) in [4.78, 5) is 0.456. The van der Waals surface area contributed by atoms with Crippen molar-refractivity contribution in [3.8, 4) is 0 Å². The third-order valence-electron chi connectivity index (χ3n) is 4.06. The molecule has 3 nitrogen and oxygen atoms in total. The minimum Gasteiger partial charge on any atom is -0.330 e. The van der Waals surface area contributed by atoms with Gasteiger partial charge < -0.3 is 5.73 Å². The Morgan fingerprint density at radius 3 is 2.33 bits per heavy atom. The smallest absolute Gasteiger partial charge is 0.175 e. The molecule has 1 aromatic carbocycles. The molecular weight excluding hydrogens is 246 g/mol. The topological polar surface area (TPSA) is 60.2 Å². The molecule has 0 radical (unpaired) electrons. The molecule has 18 heavy (non-hydrogen) atoms. The summed E-state index contributed by atoms with van der Waals surface area (Å²) in [6, 6.07) is 7.34. The summed E-state index contributed by atoms with van der Waals surface area (Å²) < 4.78 is 23.8. The summed E-state index contributed by atoms with van der Waals surface area (Å²) in [5.74, 6) is 0. The third-order valence-corrected chi connectivity index (χ3v) is 5.21. The summed E-state index contributed by atoms with van der Waals surface area (Å²) in [5, 5.41) is 0. The average Bonchev–Trinajstić information content (AvgIpc) is 2.38. The Hall–Kier alpha value is -0.870. The van der Waals surface area contributed by atoms with Crippen molar-refractivity contribution in [3.63, 3.8) is 0 Å². The van der Waals surface area contributed by atoms with Gasteiger partial charge in [-0.25, -0.2) is 8.42 Å². The van der Waals surface area contributed by atoms with Gasteiger partial charge in [-0.1, -0.05) is 37.5 Å². The SMILES string of the molecule is CS(=O)(=O)c1ccccc1C1(CN)CCCCC1. The predicted octanol–water partition coefficient (Wildman–Crippen LogP) is 2.25. The Labute approximate surface area is 109 Å². The van der Waals surface area contributed by atoms with Crippen molar-refractivity contribution in [2.24, 2.45) is 5.73 Å². The highest BCUT2D eigenvalue weighted by Crippen LogP contribution is 2.41. The van der Waals surface area contributed by atoms with Gasteiger partial charge in [0, 0.05) is 18.2 Å². The number of rotatable bonds is 3. The van der Waals surface area contributed by atoms with E-state index in [1.54, 1.807) is 12.1 Å². The van der Waals surface area contributed by atoms with Crippen LogP contribution in [-0.2, 0) is 15.3 Å². The van der Waals surface area contributed by atoms with Gasteiger partial charge in [0.2, 0.25) is 0 Å². The zero-order valence-corrected chi connectivity index (χ0v) is 11.7. The first kappa shape index (κ1) is 13.6. The van der Waals surface area contributed by atoms with Crippen molar-refractivity contribution in [1.29, 1.82) is 0 Å². The predicted molar refractivity (Wildman–Crippen MR) is 73.4 cm³/mol. The Bertz CT molecular complexity index is 516. The summed E-state index contributed by atoms with van der Waals surface area (Å²) >= 11 is 0. The lowest BCUT2D eigenvalue weighted by atomic mass is 9.69. The van der Waals surface area contributed by atoms with Gasteiger partial charge in [0.15, 0.2) is 9.84 Å². The largest absolute Gasteiger partial charge is 0.330 e. The molecule has 1 fully saturated rings. The second kappa shape index (κ2) is 5.02. The Balaban J connectivity index is 2.55. The van der Waals surface area contributed by atoms with Gasteiger partial charge in [-0.2, -0.15) is 0 Å². The molecule has 0 heterocycles. The third kappa shape index (κ3) is 2.45. The molecular formula is C14H21NO2S. The van der Waals surface area contributed by atoms with Crippen LogP contribution in [0.15, 0.2) is 29.2 Å². The van der Waals surface area contributed by atoms with Crippen molar-refractivity contribution >= 4 is 9.84 Å². The van der Waals surface area contributed by atoms with Crippen LogP contribution in [0.3, 0.4) is 0 Å². The minimum absolute atomic E-state index is 0.141. The van der Waals surface area contributed by atoms with Crippen LogP contribution in [0.4, 0.5) is 0 Å². The standard InChI is InChI=1S/C14H21NO2S/c1-18(16,17)13-8-4-3-7-12(13)14(11-15)9-5-2-6-10-14/h3-4,7-8H,2,5-6,9-11,15H2,1H3. The van der Waals surface area contributed by atoms with E-state index in [1.165, 1.54) is 12.7 Å². The molecule has 1 aliphatic carbocycles. The van der Waals surface area contributed by atoms with E-state index < -0.39 is 9.84 Å². The van der Waals surface area contributed by atoms with Gasteiger partial charge in [0.1, 0.15) is 0 Å². The van der Waals surface area contributed by atoms with Crippen LogP contribution in [0, 0.1) is 0 Å². The van der Waals surface area contributed by atoms with Crippen molar-refractivity contribution in [2.45, 2.75) is 42.4 Å². The molecule has 0 aromatic heterocycles. The van der Waals surface area contributed by atoms with E-state index in [0.29, 0.717) is 11.4 Å². The number of benzene rings is 1. The fourth-order valence-electron chi connectivity index (χ4n) is 3.04. The van der Waals surface area contributed by atoms with Crippen LogP contribution in [0.5, 0.6) is 0 Å². The van der Waals surface area contributed by atoms with Gasteiger partial charge in [0.05, 0.1) is 4.90 Å². The molecule has 1 aliphatic rings. The molecule has 100 valence electrons. The maximum atomic E-state index is 11.9. The molecule has 0 amide bonds. The normalized spacial score (nSPS) is 19.7. The van der Waals surface area contributed by atoms with Crippen LogP contribution >= 0.6 is 0 Å². The van der Waals surface area contributed by atoms with Crippen molar-refractivity contribution in [3.05, 3.63) is 29.8 Å². The minimum atomic E-state index is -3.19. The number of nitrogens with two attached hydrogens (primary N) is 1. The first-order valence-corrected chi connectivity index (χ1v) is 8.38. The van der Waals surface area contributed by atoms with Crippen molar-refractivity contribution in [2.75, 3.05) is 12.8 Å². The highest BCUT2D eigenvalue weighted by Gasteiger charge is 2.35. The highest BCUT2D eigenvalue weighted by atomic mass is 32.2. The highest BCUT2D eigenvalue weighted by molar-refractivity contribution is 7.90. The summed E-state index contributed by atoms with van der Waals surface area (Å²) in [5.41, 5.74) is 6.77. The van der Waals surface area contributed by atoms with E-state index >= 15 is 0 Å². The number of sulfone groups is 1. The van der Waals surface area contributed by atoms with E-state index in [0.717, 1.165) is 31.2 Å². The average molecular weight is 267 g/mol. The van der Waals surface area contributed by atoms with Crippen LogP contribution in [0.25, 0.3) is 0 Å². The number of hydrogen-bond donors (Lipinski definition) is 1. The molecule has 2 N–H and O–H groups in total. The fraction of sp³-hybridized carbons (Fsp3) is 0.571. The summed E-state index contributed by atoms with van der Waals surface area (Å²) in [6.07, 6.45) is 6.76. The van der Waals surface area contributed by atoms with Crippen LogP contribution in [0.1, 0.15) is 37.7 Å². The molecule has 4 heteroatoms. The molecule has 0 spiro atoms. The Morgan fingerprint density at radius 2 is 1.78 bits per heavy atom. The van der Waals surface area contributed by atoms with Gasteiger partial charge >= 0.3 is 0 Å². The number of hydrogen-bond acceptors (Lipinski definition) is 3.